The number of hydrogen-bond donors (Lipinski definition) is 1. The molecule has 2 saturated heterocycles. The molecule has 1 amide bonds. The van der Waals surface area contributed by atoms with Crippen molar-refractivity contribution in [3.63, 3.8) is 0 Å². The van der Waals surface area contributed by atoms with Crippen molar-refractivity contribution in [3.8, 4) is 5.75 Å². The first-order valence-electron chi connectivity index (χ1n) is 16.4. The number of para-hydroxylation sites is 1. The summed E-state index contributed by atoms with van der Waals surface area (Å²) in [4.78, 5) is 29.1. The molecule has 0 spiro atoms. The molecule has 0 aliphatic carbocycles. The number of carbonyl (C=O) groups excluding carboxylic acids is 2. The first-order valence-corrected chi connectivity index (χ1v) is 16.8. The van der Waals surface area contributed by atoms with Gasteiger partial charge in [0.1, 0.15) is 5.75 Å². The maximum Gasteiger partial charge on any atom is 0.253 e. The zero-order valence-electron chi connectivity index (χ0n) is 26.6. The van der Waals surface area contributed by atoms with Gasteiger partial charge in [0.05, 0.1) is 17.2 Å². The van der Waals surface area contributed by atoms with E-state index >= 15 is 0 Å². The fourth-order valence-electron chi connectivity index (χ4n) is 7.49. The van der Waals surface area contributed by atoms with Gasteiger partial charge in [0.15, 0.2) is 5.78 Å². The smallest absolute Gasteiger partial charge is 0.253 e. The van der Waals surface area contributed by atoms with E-state index in [1.54, 1.807) is 12.1 Å². The number of halogens is 1. The fraction of sp³-hybridized carbons (Fsp3) is 0.421. The number of piperidine rings is 1. The van der Waals surface area contributed by atoms with Gasteiger partial charge in [-0.2, -0.15) is 0 Å². The molecule has 236 valence electrons. The molecule has 2 aliphatic heterocycles. The topological polar surface area (TPSA) is 63.6 Å². The van der Waals surface area contributed by atoms with Gasteiger partial charge in [0, 0.05) is 60.3 Å². The van der Waals surface area contributed by atoms with Crippen molar-refractivity contribution in [2.45, 2.75) is 90.6 Å². The summed E-state index contributed by atoms with van der Waals surface area (Å²) in [5, 5.41) is 4.71. The van der Waals surface area contributed by atoms with Crippen molar-refractivity contribution in [1.82, 2.24) is 14.8 Å². The van der Waals surface area contributed by atoms with Crippen LogP contribution in [0.3, 0.4) is 0 Å². The number of aryl methyl sites for hydroxylation is 2. The molecule has 2 bridgehead atoms. The van der Waals surface area contributed by atoms with E-state index in [1.807, 2.05) is 62.5 Å². The lowest BCUT2D eigenvalue weighted by molar-refractivity contribution is 0.0807. The predicted molar refractivity (Wildman–Crippen MR) is 181 cm³/mol. The Bertz CT molecular complexity index is 1650. The minimum Gasteiger partial charge on any atom is -0.489 e. The third-order valence-electron chi connectivity index (χ3n) is 9.44. The molecule has 6 rings (SSSR count). The third-order valence-corrected chi connectivity index (χ3v) is 9.69. The quantitative estimate of drug-likeness (QED) is 0.161. The van der Waals surface area contributed by atoms with E-state index in [9.17, 15) is 9.59 Å². The lowest BCUT2D eigenvalue weighted by Crippen LogP contribution is -2.43. The van der Waals surface area contributed by atoms with E-state index in [4.69, 9.17) is 16.3 Å². The van der Waals surface area contributed by atoms with Gasteiger partial charge < -0.3 is 14.6 Å². The molecule has 7 heteroatoms. The fourth-order valence-corrected chi connectivity index (χ4v) is 7.62. The maximum absolute atomic E-state index is 13.5. The predicted octanol–water partition coefficient (Wildman–Crippen LogP) is 8.23. The second kappa shape index (κ2) is 13.8. The number of Topliss-reactive ketones (excluding diaryl/α,β-unsaturated/α-hetero) is 1. The van der Waals surface area contributed by atoms with Crippen molar-refractivity contribution >= 4 is 34.2 Å². The Morgan fingerprint density at radius 1 is 0.978 bits per heavy atom. The second-order valence-corrected chi connectivity index (χ2v) is 13.6. The molecule has 3 atom stereocenters. The Morgan fingerprint density at radius 3 is 2.42 bits per heavy atom. The number of carbonyl (C=O) groups is 2. The van der Waals surface area contributed by atoms with Crippen LogP contribution in [0.4, 0.5) is 0 Å². The van der Waals surface area contributed by atoms with Crippen molar-refractivity contribution in [2.75, 3.05) is 6.54 Å². The van der Waals surface area contributed by atoms with Gasteiger partial charge >= 0.3 is 0 Å². The van der Waals surface area contributed by atoms with E-state index in [0.29, 0.717) is 41.6 Å². The number of nitrogens with one attached hydrogen (secondary N) is 1. The van der Waals surface area contributed by atoms with Crippen LogP contribution in [0, 0.1) is 12.8 Å². The van der Waals surface area contributed by atoms with Crippen molar-refractivity contribution in [2.24, 2.45) is 5.92 Å². The summed E-state index contributed by atoms with van der Waals surface area (Å²) < 4.78 is 8.44. The van der Waals surface area contributed by atoms with Crippen LogP contribution in [-0.4, -0.2) is 45.9 Å². The number of benzene rings is 3. The molecule has 1 N–H and O–H groups in total. The van der Waals surface area contributed by atoms with Crippen LogP contribution in [0.5, 0.6) is 5.75 Å². The molecule has 0 saturated carbocycles. The molecular formula is C38H44ClN3O3. The van der Waals surface area contributed by atoms with Gasteiger partial charge in [-0.25, -0.2) is 0 Å². The summed E-state index contributed by atoms with van der Waals surface area (Å²) in [6, 6.07) is 22.6. The average Bonchev–Trinajstić information content (AvgIpc) is 3.50. The molecule has 1 aromatic heterocycles. The number of aromatic nitrogens is 1. The number of hydrogen-bond acceptors (Lipinski definition) is 4. The SMILES string of the molecule is Cc1cccc(CNC(=O)c2cn(CCCN3[C@@H]4CC[C@H]3C[C@@H](CC(=O)c3ccc(Cl)cc3)C4)c3c(OC(C)C)cccc23)c1. The van der Waals surface area contributed by atoms with Crippen molar-refractivity contribution < 1.29 is 14.3 Å². The molecule has 2 aliphatic rings. The largest absolute Gasteiger partial charge is 0.489 e. The molecule has 2 fully saturated rings. The lowest BCUT2D eigenvalue weighted by Gasteiger charge is -2.39. The Labute approximate surface area is 271 Å². The summed E-state index contributed by atoms with van der Waals surface area (Å²) in [6.07, 6.45) is 8.21. The van der Waals surface area contributed by atoms with E-state index in [0.717, 1.165) is 60.1 Å². The number of fused-ring (bicyclic) bond motifs is 3. The first kappa shape index (κ1) is 31.4. The normalized spacial score (nSPS) is 19.7. The monoisotopic (exact) mass is 625 g/mol. The van der Waals surface area contributed by atoms with Crippen LogP contribution < -0.4 is 10.1 Å². The molecule has 0 unspecified atom stereocenters. The minimum atomic E-state index is -0.0739. The van der Waals surface area contributed by atoms with Crippen molar-refractivity contribution in [1.29, 1.82) is 0 Å². The van der Waals surface area contributed by atoms with Crippen LogP contribution in [0.25, 0.3) is 10.9 Å². The Hall–Kier alpha value is -3.61. The molecule has 0 radical (unpaired) electrons. The van der Waals surface area contributed by atoms with Crippen LogP contribution in [-0.2, 0) is 13.1 Å². The van der Waals surface area contributed by atoms with E-state index < -0.39 is 0 Å². The number of nitrogens with zero attached hydrogens (tertiary/aromatic N) is 2. The summed E-state index contributed by atoms with van der Waals surface area (Å²) in [6.45, 7) is 8.42. The highest BCUT2D eigenvalue weighted by atomic mass is 35.5. The number of ketones is 1. The standard InChI is InChI=1S/C38H44ClN3O3/c1-25(2)45-36-10-5-9-33-34(38(44)40-23-27-8-4-7-26(3)19-27)24-41(37(33)36)17-6-18-42-31-15-16-32(42)21-28(20-31)22-35(43)29-11-13-30(39)14-12-29/h4-5,7-14,19,24-25,28,31-32H,6,15-18,20-23H2,1-3H3,(H,40,44)/t28-,31+,32-. The Balaban J connectivity index is 1.12. The third kappa shape index (κ3) is 7.29. The Kier molecular flexibility index (Phi) is 9.62. The van der Waals surface area contributed by atoms with Crippen LogP contribution in [0.1, 0.15) is 84.2 Å². The van der Waals surface area contributed by atoms with Gasteiger partial charge in [-0.05, 0) is 94.7 Å². The molecule has 6 nitrogen and oxygen atoms in total. The summed E-state index contributed by atoms with van der Waals surface area (Å²) in [7, 11) is 0. The number of ether oxygens (including phenoxy) is 1. The van der Waals surface area contributed by atoms with E-state index in [2.05, 4.69) is 33.8 Å². The van der Waals surface area contributed by atoms with E-state index in [-0.39, 0.29) is 17.8 Å². The Morgan fingerprint density at radius 2 is 1.71 bits per heavy atom. The molecular weight excluding hydrogens is 582 g/mol. The summed E-state index contributed by atoms with van der Waals surface area (Å²) in [5.41, 5.74) is 4.69. The summed E-state index contributed by atoms with van der Waals surface area (Å²) >= 11 is 6.02. The van der Waals surface area contributed by atoms with Crippen LogP contribution >= 0.6 is 11.6 Å². The summed E-state index contributed by atoms with van der Waals surface area (Å²) in [5.74, 6) is 1.40. The van der Waals surface area contributed by atoms with Gasteiger partial charge in [0.2, 0.25) is 0 Å². The van der Waals surface area contributed by atoms with Crippen molar-refractivity contribution in [3.05, 3.63) is 100 Å². The van der Waals surface area contributed by atoms with E-state index in [1.165, 1.54) is 18.4 Å². The lowest BCUT2D eigenvalue weighted by atomic mass is 9.85. The molecule has 4 aromatic rings. The van der Waals surface area contributed by atoms with Gasteiger partial charge in [-0.15, -0.1) is 0 Å². The van der Waals surface area contributed by atoms with Gasteiger partial charge in [-0.1, -0.05) is 53.6 Å². The molecule has 3 heterocycles. The molecule has 3 aromatic carbocycles. The maximum atomic E-state index is 13.5. The highest BCUT2D eigenvalue weighted by Crippen LogP contribution is 2.40. The number of amides is 1. The molecule has 45 heavy (non-hydrogen) atoms. The van der Waals surface area contributed by atoms with Gasteiger partial charge in [0.25, 0.3) is 5.91 Å². The highest BCUT2D eigenvalue weighted by Gasteiger charge is 2.40. The second-order valence-electron chi connectivity index (χ2n) is 13.2. The number of rotatable bonds is 12. The first-order chi connectivity index (χ1) is 21.7. The minimum absolute atomic E-state index is 0.0287. The zero-order valence-corrected chi connectivity index (χ0v) is 27.4. The average molecular weight is 626 g/mol. The zero-order chi connectivity index (χ0) is 31.5. The highest BCUT2D eigenvalue weighted by molar-refractivity contribution is 6.30. The van der Waals surface area contributed by atoms with Crippen LogP contribution in [0.2, 0.25) is 5.02 Å². The van der Waals surface area contributed by atoms with Gasteiger partial charge in [-0.3, -0.25) is 14.5 Å². The van der Waals surface area contributed by atoms with Crippen LogP contribution in [0.15, 0.2) is 72.9 Å².